The van der Waals surface area contributed by atoms with Crippen LogP contribution in [0.4, 0.5) is 5.69 Å². The van der Waals surface area contributed by atoms with Crippen LogP contribution < -0.4 is 15.0 Å². The molecule has 0 aliphatic carbocycles. The first-order valence-corrected chi connectivity index (χ1v) is 11.1. The normalized spacial score (nSPS) is 13.8. The summed E-state index contributed by atoms with van der Waals surface area (Å²) in [5.41, 5.74) is 6.13. The van der Waals surface area contributed by atoms with E-state index in [1.54, 1.807) is 7.11 Å². The predicted molar refractivity (Wildman–Crippen MR) is 127 cm³/mol. The molecule has 4 rings (SSSR count). The number of rotatable bonds is 7. The monoisotopic (exact) mass is 433 g/mol. The van der Waals surface area contributed by atoms with E-state index in [1.165, 1.54) is 0 Å². The Hall–Kier alpha value is -3.25. The largest absolute Gasteiger partial charge is 0.497 e. The summed E-state index contributed by atoms with van der Waals surface area (Å²) in [4.78, 5) is 15.8. The lowest BCUT2D eigenvalue weighted by Crippen LogP contribution is -2.36. The molecule has 0 radical (unpaired) electrons. The Labute approximate surface area is 189 Å². The summed E-state index contributed by atoms with van der Waals surface area (Å²) < 4.78 is 13.1. The van der Waals surface area contributed by atoms with Gasteiger partial charge in [-0.05, 0) is 37.1 Å². The van der Waals surface area contributed by atoms with Gasteiger partial charge in [-0.2, -0.15) is 0 Å². The third-order valence-electron chi connectivity index (χ3n) is 6.04. The van der Waals surface area contributed by atoms with E-state index in [-0.39, 0.29) is 5.91 Å². The number of carbonyl (C=O) groups excluding carboxylic acids is 1. The third-order valence-corrected chi connectivity index (χ3v) is 6.04. The Morgan fingerprint density at radius 3 is 2.47 bits per heavy atom. The molecule has 3 aromatic rings. The van der Waals surface area contributed by atoms with E-state index in [0.29, 0.717) is 32.0 Å². The number of amides is 1. The number of nitrogens with zero attached hydrogens (tertiary/aromatic N) is 2. The molecule has 6 nitrogen and oxygen atoms in total. The van der Waals surface area contributed by atoms with Crippen molar-refractivity contribution in [2.24, 2.45) is 0 Å². The van der Waals surface area contributed by atoms with Gasteiger partial charge in [0, 0.05) is 37.4 Å². The number of carbonyl (C=O) groups is 1. The maximum Gasteiger partial charge on any atom is 0.268 e. The minimum absolute atomic E-state index is 0.0585. The Kier molecular flexibility index (Phi) is 6.81. The van der Waals surface area contributed by atoms with Crippen LogP contribution >= 0.6 is 0 Å². The Balaban J connectivity index is 1.69. The first kappa shape index (κ1) is 22.0. The lowest BCUT2D eigenvalue weighted by atomic mass is 10.1. The van der Waals surface area contributed by atoms with Crippen molar-refractivity contribution in [3.05, 3.63) is 82.7 Å². The second kappa shape index (κ2) is 9.92. The summed E-state index contributed by atoms with van der Waals surface area (Å²) in [6.45, 7) is 8.32. The fourth-order valence-corrected chi connectivity index (χ4v) is 4.44. The molecule has 0 saturated carbocycles. The van der Waals surface area contributed by atoms with Crippen molar-refractivity contribution in [1.29, 1.82) is 0 Å². The molecule has 1 aliphatic heterocycles. The molecule has 1 amide bonds. The van der Waals surface area contributed by atoms with Gasteiger partial charge in [-0.1, -0.05) is 42.5 Å². The third kappa shape index (κ3) is 4.65. The topological polar surface area (TPSA) is 55.7 Å². The summed E-state index contributed by atoms with van der Waals surface area (Å²) in [6.07, 6.45) is 0. The van der Waals surface area contributed by atoms with Crippen molar-refractivity contribution in [1.82, 2.24) is 9.88 Å². The Bertz CT molecular complexity index is 1070. The van der Waals surface area contributed by atoms with E-state index < -0.39 is 0 Å². The van der Waals surface area contributed by atoms with Crippen LogP contribution in [0.5, 0.6) is 5.75 Å². The van der Waals surface area contributed by atoms with Crippen LogP contribution in [0.2, 0.25) is 0 Å². The fraction of sp³-hybridized carbons (Fsp3) is 0.346. The van der Waals surface area contributed by atoms with Crippen molar-refractivity contribution >= 4 is 11.6 Å². The zero-order valence-electron chi connectivity index (χ0n) is 19.1. The number of nitrogens with one attached hydrogen (secondary N) is 1. The van der Waals surface area contributed by atoms with Crippen molar-refractivity contribution in [3.63, 3.8) is 0 Å². The standard InChI is InChI=1S/C26H31N3O3/c1-19-24(28-12-14-32-15-13-28)20(2)29(18-22-10-7-11-23(16-22)31-3)25(19)26(30)27-17-21-8-5-4-6-9-21/h4-11,16H,12-15,17-18H2,1-3H3,(H,27,30). The van der Waals surface area contributed by atoms with Gasteiger partial charge in [0.1, 0.15) is 11.4 Å². The van der Waals surface area contributed by atoms with Crippen LogP contribution in [0.3, 0.4) is 0 Å². The molecule has 0 unspecified atom stereocenters. The molecule has 1 aliphatic rings. The van der Waals surface area contributed by atoms with E-state index in [1.807, 2.05) is 48.5 Å². The van der Waals surface area contributed by atoms with Crippen molar-refractivity contribution in [2.75, 3.05) is 38.3 Å². The first-order chi connectivity index (χ1) is 15.6. The van der Waals surface area contributed by atoms with Crippen LogP contribution in [0.1, 0.15) is 32.9 Å². The second-order valence-corrected chi connectivity index (χ2v) is 8.11. The van der Waals surface area contributed by atoms with Crippen molar-refractivity contribution in [3.8, 4) is 5.75 Å². The number of hydrogen-bond donors (Lipinski definition) is 1. The molecule has 2 aromatic carbocycles. The molecule has 6 heteroatoms. The second-order valence-electron chi connectivity index (χ2n) is 8.11. The van der Waals surface area contributed by atoms with Gasteiger partial charge in [0.05, 0.1) is 26.0 Å². The predicted octanol–water partition coefficient (Wildman–Crippen LogP) is 3.93. The molecule has 0 atom stereocenters. The van der Waals surface area contributed by atoms with E-state index in [9.17, 15) is 4.79 Å². The highest BCUT2D eigenvalue weighted by molar-refractivity contribution is 5.96. The lowest BCUT2D eigenvalue weighted by molar-refractivity contribution is 0.0941. The molecule has 1 N–H and O–H groups in total. The molecule has 1 aromatic heterocycles. The molecule has 32 heavy (non-hydrogen) atoms. The average Bonchev–Trinajstić information content (AvgIpc) is 3.08. The van der Waals surface area contributed by atoms with Gasteiger partial charge in [0.25, 0.3) is 5.91 Å². The molecule has 1 fully saturated rings. The van der Waals surface area contributed by atoms with Crippen molar-refractivity contribution in [2.45, 2.75) is 26.9 Å². The van der Waals surface area contributed by atoms with E-state index in [0.717, 1.165) is 46.9 Å². The number of aromatic nitrogens is 1. The number of methoxy groups -OCH3 is 1. The molecule has 2 heterocycles. The van der Waals surface area contributed by atoms with E-state index >= 15 is 0 Å². The quantitative estimate of drug-likeness (QED) is 0.614. The minimum Gasteiger partial charge on any atom is -0.497 e. The van der Waals surface area contributed by atoms with Gasteiger partial charge in [0.15, 0.2) is 0 Å². The number of morpholine rings is 1. The maximum absolute atomic E-state index is 13.4. The average molecular weight is 434 g/mol. The van der Waals surface area contributed by atoms with Gasteiger partial charge in [-0.25, -0.2) is 0 Å². The van der Waals surface area contributed by atoms with Gasteiger partial charge < -0.3 is 24.3 Å². The minimum atomic E-state index is -0.0585. The Morgan fingerprint density at radius 1 is 1.03 bits per heavy atom. The molecule has 0 bridgehead atoms. The SMILES string of the molecule is COc1cccc(Cn2c(C)c(N3CCOCC3)c(C)c2C(=O)NCc2ccccc2)c1. The van der Waals surface area contributed by atoms with Crippen LogP contribution in [0, 0.1) is 13.8 Å². The van der Waals surface area contributed by atoms with Gasteiger partial charge in [0.2, 0.25) is 0 Å². The number of benzene rings is 2. The molecule has 0 spiro atoms. The van der Waals surface area contributed by atoms with Crippen LogP contribution in [-0.2, 0) is 17.8 Å². The number of hydrogen-bond acceptors (Lipinski definition) is 4. The Morgan fingerprint density at radius 2 is 1.75 bits per heavy atom. The zero-order valence-corrected chi connectivity index (χ0v) is 19.1. The highest BCUT2D eigenvalue weighted by atomic mass is 16.5. The molecular formula is C26H31N3O3. The van der Waals surface area contributed by atoms with Crippen LogP contribution in [0.25, 0.3) is 0 Å². The zero-order chi connectivity index (χ0) is 22.5. The van der Waals surface area contributed by atoms with Crippen molar-refractivity contribution < 1.29 is 14.3 Å². The smallest absolute Gasteiger partial charge is 0.268 e. The molecule has 1 saturated heterocycles. The molecular weight excluding hydrogens is 402 g/mol. The first-order valence-electron chi connectivity index (χ1n) is 11.1. The molecule has 168 valence electrons. The van der Waals surface area contributed by atoms with Gasteiger partial charge >= 0.3 is 0 Å². The highest BCUT2D eigenvalue weighted by Crippen LogP contribution is 2.32. The summed E-state index contributed by atoms with van der Waals surface area (Å²) in [7, 11) is 1.67. The van der Waals surface area contributed by atoms with Crippen LogP contribution in [0.15, 0.2) is 54.6 Å². The van der Waals surface area contributed by atoms with Gasteiger partial charge in [-0.3, -0.25) is 4.79 Å². The summed E-state index contributed by atoms with van der Waals surface area (Å²) >= 11 is 0. The number of ether oxygens (including phenoxy) is 2. The van der Waals surface area contributed by atoms with E-state index in [4.69, 9.17) is 9.47 Å². The number of anilines is 1. The lowest BCUT2D eigenvalue weighted by Gasteiger charge is -2.29. The highest BCUT2D eigenvalue weighted by Gasteiger charge is 2.27. The van der Waals surface area contributed by atoms with Gasteiger partial charge in [-0.15, -0.1) is 0 Å². The summed E-state index contributed by atoms with van der Waals surface area (Å²) in [6, 6.07) is 18.0. The van der Waals surface area contributed by atoms with E-state index in [2.05, 4.69) is 34.7 Å². The fourth-order valence-electron chi connectivity index (χ4n) is 4.44. The summed E-state index contributed by atoms with van der Waals surface area (Å²) in [5.74, 6) is 0.754. The van der Waals surface area contributed by atoms with Crippen LogP contribution in [-0.4, -0.2) is 43.9 Å². The summed E-state index contributed by atoms with van der Waals surface area (Å²) in [5, 5.41) is 3.12. The maximum atomic E-state index is 13.4.